The number of hydrogen-bond donors (Lipinski definition) is 1. The highest BCUT2D eigenvalue weighted by Gasteiger charge is 2.53. The second-order valence-electron chi connectivity index (χ2n) is 7.27. The minimum absolute atomic E-state index is 0.489. The molecular formula is C16H27NO. The van der Waals surface area contributed by atoms with E-state index in [0.29, 0.717) is 12.1 Å². The summed E-state index contributed by atoms with van der Waals surface area (Å²) in [6.45, 7) is 3.33. The Morgan fingerprint density at radius 2 is 1.89 bits per heavy atom. The summed E-state index contributed by atoms with van der Waals surface area (Å²) in [5.41, 5.74) is 0. The molecule has 1 aliphatic heterocycles. The minimum atomic E-state index is 0.489. The number of nitrogens with one attached hydrogen (secondary N) is 1. The lowest BCUT2D eigenvalue weighted by Gasteiger charge is -2.35. The molecule has 1 heterocycles. The number of fused-ring (bicyclic) bond motifs is 5. The van der Waals surface area contributed by atoms with Crippen LogP contribution in [0.15, 0.2) is 0 Å². The first-order valence-corrected chi connectivity index (χ1v) is 8.20. The Bertz CT molecular complexity index is 312. The van der Waals surface area contributed by atoms with Crippen LogP contribution in [0, 0.1) is 23.7 Å². The van der Waals surface area contributed by atoms with E-state index in [1.807, 2.05) is 0 Å². The second-order valence-corrected chi connectivity index (χ2v) is 7.27. The third-order valence-corrected chi connectivity index (χ3v) is 6.43. The van der Waals surface area contributed by atoms with Crippen LogP contribution in [-0.2, 0) is 4.74 Å². The van der Waals surface area contributed by atoms with Gasteiger partial charge in [-0.3, -0.25) is 0 Å². The van der Waals surface area contributed by atoms with Crippen LogP contribution in [0.1, 0.15) is 51.9 Å². The van der Waals surface area contributed by atoms with Crippen molar-refractivity contribution in [3.63, 3.8) is 0 Å². The van der Waals surface area contributed by atoms with Gasteiger partial charge in [-0.25, -0.2) is 0 Å². The molecule has 0 radical (unpaired) electrons. The van der Waals surface area contributed by atoms with E-state index in [9.17, 15) is 0 Å². The molecule has 0 amide bonds. The number of rotatable bonds is 3. The number of ether oxygens (including phenoxy) is 1. The van der Waals surface area contributed by atoms with E-state index in [4.69, 9.17) is 4.74 Å². The lowest BCUT2D eigenvalue weighted by Crippen LogP contribution is -2.47. The van der Waals surface area contributed by atoms with E-state index in [0.717, 1.165) is 36.3 Å². The van der Waals surface area contributed by atoms with E-state index in [1.165, 1.54) is 38.5 Å². The van der Waals surface area contributed by atoms with Crippen LogP contribution in [0.2, 0.25) is 0 Å². The smallest absolute Gasteiger partial charge is 0.0726 e. The zero-order chi connectivity index (χ0) is 12.1. The van der Waals surface area contributed by atoms with Crippen molar-refractivity contribution in [2.45, 2.75) is 70.1 Å². The molecule has 3 aliphatic carbocycles. The molecule has 18 heavy (non-hydrogen) atoms. The van der Waals surface area contributed by atoms with Crippen LogP contribution >= 0.6 is 0 Å². The van der Waals surface area contributed by atoms with Crippen LogP contribution in [0.3, 0.4) is 0 Å². The third-order valence-electron chi connectivity index (χ3n) is 6.43. The predicted octanol–water partition coefficient (Wildman–Crippen LogP) is 2.97. The van der Waals surface area contributed by atoms with Gasteiger partial charge >= 0.3 is 0 Å². The molecule has 7 atom stereocenters. The van der Waals surface area contributed by atoms with Crippen molar-refractivity contribution in [1.82, 2.24) is 5.32 Å². The van der Waals surface area contributed by atoms with Crippen molar-refractivity contribution >= 4 is 0 Å². The molecule has 2 heteroatoms. The number of hydrogen-bond acceptors (Lipinski definition) is 2. The van der Waals surface area contributed by atoms with Crippen LogP contribution in [0.5, 0.6) is 0 Å². The van der Waals surface area contributed by atoms with E-state index < -0.39 is 0 Å². The molecule has 2 bridgehead atoms. The minimum Gasteiger partial charge on any atom is -0.377 e. The Kier molecular flexibility index (Phi) is 2.92. The van der Waals surface area contributed by atoms with Crippen molar-refractivity contribution in [1.29, 1.82) is 0 Å². The van der Waals surface area contributed by atoms with E-state index in [1.54, 1.807) is 6.42 Å². The zero-order valence-corrected chi connectivity index (χ0v) is 11.6. The van der Waals surface area contributed by atoms with Gasteiger partial charge in [0.2, 0.25) is 0 Å². The lowest BCUT2D eigenvalue weighted by atomic mass is 9.79. The Labute approximate surface area is 111 Å². The summed E-state index contributed by atoms with van der Waals surface area (Å²) in [5.74, 6) is 4.27. The van der Waals surface area contributed by atoms with Gasteiger partial charge in [-0.2, -0.15) is 0 Å². The molecular weight excluding hydrogens is 222 g/mol. The molecule has 1 N–H and O–H groups in total. The zero-order valence-electron chi connectivity index (χ0n) is 11.6. The average Bonchev–Trinajstić information content (AvgIpc) is 3.11. The molecule has 0 aromatic rings. The molecule has 0 aromatic carbocycles. The molecule has 0 spiro atoms. The lowest BCUT2D eigenvalue weighted by molar-refractivity contribution is 0.0719. The predicted molar refractivity (Wildman–Crippen MR) is 72.4 cm³/mol. The van der Waals surface area contributed by atoms with E-state index >= 15 is 0 Å². The SMILES string of the molecule is CC(NC1CC2CC1C1CCCC21)C1CCCO1. The highest BCUT2D eigenvalue weighted by Crippen LogP contribution is 2.58. The first kappa shape index (κ1) is 11.7. The van der Waals surface area contributed by atoms with Gasteiger partial charge in [0.1, 0.15) is 0 Å². The van der Waals surface area contributed by atoms with Crippen molar-refractivity contribution < 1.29 is 4.74 Å². The summed E-state index contributed by atoms with van der Waals surface area (Å²) in [6, 6.07) is 1.38. The van der Waals surface area contributed by atoms with Crippen LogP contribution in [-0.4, -0.2) is 24.8 Å². The van der Waals surface area contributed by atoms with Crippen molar-refractivity contribution in [3.05, 3.63) is 0 Å². The van der Waals surface area contributed by atoms with Crippen molar-refractivity contribution in [3.8, 4) is 0 Å². The molecule has 4 rings (SSSR count). The van der Waals surface area contributed by atoms with Crippen molar-refractivity contribution in [2.75, 3.05) is 6.61 Å². The fourth-order valence-corrected chi connectivity index (χ4v) is 5.70. The van der Waals surface area contributed by atoms with Crippen LogP contribution in [0.4, 0.5) is 0 Å². The molecule has 102 valence electrons. The Morgan fingerprint density at radius 1 is 1.00 bits per heavy atom. The maximum absolute atomic E-state index is 5.83. The van der Waals surface area contributed by atoms with Gasteiger partial charge in [-0.05, 0) is 69.1 Å². The largest absolute Gasteiger partial charge is 0.377 e. The van der Waals surface area contributed by atoms with Gasteiger partial charge in [0.05, 0.1) is 6.10 Å². The molecule has 0 aromatic heterocycles. The van der Waals surface area contributed by atoms with Crippen LogP contribution < -0.4 is 5.32 Å². The quantitative estimate of drug-likeness (QED) is 0.830. The first-order chi connectivity index (χ1) is 8.83. The summed E-state index contributed by atoms with van der Waals surface area (Å²) in [7, 11) is 0. The van der Waals surface area contributed by atoms with Gasteiger partial charge in [0.15, 0.2) is 0 Å². The summed E-state index contributed by atoms with van der Waals surface area (Å²) >= 11 is 0. The van der Waals surface area contributed by atoms with E-state index in [2.05, 4.69) is 12.2 Å². The normalized spacial score (nSPS) is 51.8. The average molecular weight is 249 g/mol. The highest BCUT2D eigenvalue weighted by molar-refractivity contribution is 5.06. The highest BCUT2D eigenvalue weighted by atomic mass is 16.5. The maximum atomic E-state index is 5.83. The Hall–Kier alpha value is -0.0800. The van der Waals surface area contributed by atoms with Crippen molar-refractivity contribution in [2.24, 2.45) is 23.7 Å². The van der Waals surface area contributed by atoms with Gasteiger partial charge in [0.25, 0.3) is 0 Å². The summed E-state index contributed by atoms with van der Waals surface area (Å²) in [5, 5.41) is 3.94. The molecule has 4 aliphatic rings. The van der Waals surface area contributed by atoms with Crippen LogP contribution in [0.25, 0.3) is 0 Å². The monoisotopic (exact) mass is 249 g/mol. The second kappa shape index (κ2) is 4.49. The van der Waals surface area contributed by atoms with Gasteiger partial charge < -0.3 is 10.1 Å². The van der Waals surface area contributed by atoms with Gasteiger partial charge in [-0.1, -0.05) is 6.42 Å². The molecule has 4 fully saturated rings. The summed E-state index contributed by atoms with van der Waals surface area (Å²) in [4.78, 5) is 0. The summed E-state index contributed by atoms with van der Waals surface area (Å²) < 4.78 is 5.83. The Balaban J connectivity index is 1.39. The molecule has 1 saturated heterocycles. The third kappa shape index (κ3) is 1.76. The molecule has 2 nitrogen and oxygen atoms in total. The standard InChI is InChI=1S/C16H27NO/c1-10(16-6-3-7-18-16)17-15-9-11-8-14(15)13-5-2-4-12(11)13/h10-17H,2-9H2,1H3. The first-order valence-electron chi connectivity index (χ1n) is 8.20. The fraction of sp³-hybridized carbons (Fsp3) is 1.00. The van der Waals surface area contributed by atoms with E-state index in [-0.39, 0.29) is 0 Å². The van der Waals surface area contributed by atoms with Gasteiger partial charge in [-0.15, -0.1) is 0 Å². The topological polar surface area (TPSA) is 21.3 Å². The molecule has 3 saturated carbocycles. The maximum Gasteiger partial charge on any atom is 0.0726 e. The fourth-order valence-electron chi connectivity index (χ4n) is 5.70. The Morgan fingerprint density at radius 3 is 2.72 bits per heavy atom. The molecule has 7 unspecified atom stereocenters. The summed E-state index contributed by atoms with van der Waals surface area (Å²) in [6.07, 6.45) is 10.6. The van der Waals surface area contributed by atoms with Gasteiger partial charge in [0, 0.05) is 18.7 Å².